The highest BCUT2D eigenvalue weighted by Crippen LogP contribution is 2.25. The maximum atomic E-state index is 4.39. The van der Waals surface area contributed by atoms with Gasteiger partial charge >= 0.3 is 0 Å². The van der Waals surface area contributed by atoms with Crippen molar-refractivity contribution in [1.82, 2.24) is 10.3 Å². The Hall–Kier alpha value is -1.41. The first-order valence-electron chi connectivity index (χ1n) is 5.51. The molecule has 2 nitrogen and oxygen atoms in total. The number of benzene rings is 1. The molecule has 76 valence electrons. The van der Waals surface area contributed by atoms with Crippen LogP contribution in [0.1, 0.15) is 24.4 Å². The van der Waals surface area contributed by atoms with E-state index in [1.807, 2.05) is 12.3 Å². The molecule has 2 heteroatoms. The Morgan fingerprint density at radius 2 is 2.27 bits per heavy atom. The fourth-order valence-electron chi connectivity index (χ4n) is 2.27. The summed E-state index contributed by atoms with van der Waals surface area (Å²) in [4.78, 5) is 4.39. The van der Waals surface area contributed by atoms with Crippen molar-refractivity contribution in [2.75, 3.05) is 6.54 Å². The molecule has 0 aliphatic carbocycles. The number of hydrogen-bond donors (Lipinski definition) is 1. The van der Waals surface area contributed by atoms with Crippen LogP contribution in [0, 0.1) is 0 Å². The summed E-state index contributed by atoms with van der Waals surface area (Å²) in [5.41, 5.74) is 2.47. The van der Waals surface area contributed by atoms with E-state index < -0.39 is 0 Å². The smallest absolute Gasteiger partial charge is 0.0705 e. The highest BCUT2D eigenvalue weighted by Gasteiger charge is 2.15. The summed E-state index contributed by atoms with van der Waals surface area (Å²) < 4.78 is 0. The molecule has 15 heavy (non-hydrogen) atoms. The minimum atomic E-state index is 0.538. The zero-order valence-corrected chi connectivity index (χ0v) is 8.61. The van der Waals surface area contributed by atoms with Gasteiger partial charge in [-0.05, 0) is 37.1 Å². The summed E-state index contributed by atoms with van der Waals surface area (Å²) in [5, 5.41) is 4.73. The monoisotopic (exact) mass is 198 g/mol. The summed E-state index contributed by atoms with van der Waals surface area (Å²) in [5.74, 6) is 0. The average molecular weight is 198 g/mol. The van der Waals surface area contributed by atoms with Gasteiger partial charge in [-0.2, -0.15) is 0 Å². The third-order valence-corrected chi connectivity index (χ3v) is 3.09. The van der Waals surface area contributed by atoms with Gasteiger partial charge in [0.25, 0.3) is 0 Å². The molecule has 1 N–H and O–H groups in total. The predicted molar refractivity (Wildman–Crippen MR) is 61.7 cm³/mol. The molecule has 2 heterocycles. The van der Waals surface area contributed by atoms with E-state index in [0.29, 0.717) is 6.04 Å². The molecule has 1 saturated heterocycles. The quantitative estimate of drug-likeness (QED) is 0.762. The number of aromatic nitrogens is 1. The van der Waals surface area contributed by atoms with Crippen LogP contribution < -0.4 is 5.32 Å². The van der Waals surface area contributed by atoms with E-state index in [-0.39, 0.29) is 0 Å². The molecule has 1 fully saturated rings. The van der Waals surface area contributed by atoms with Gasteiger partial charge in [0.15, 0.2) is 0 Å². The maximum Gasteiger partial charge on any atom is 0.0705 e. The molecule has 1 atom stereocenters. The minimum absolute atomic E-state index is 0.538. The summed E-state index contributed by atoms with van der Waals surface area (Å²) >= 11 is 0. The first kappa shape index (κ1) is 8.86. The van der Waals surface area contributed by atoms with Gasteiger partial charge in [0.2, 0.25) is 0 Å². The Labute approximate surface area is 89.3 Å². The fourth-order valence-corrected chi connectivity index (χ4v) is 2.27. The molecule has 0 saturated carbocycles. The van der Waals surface area contributed by atoms with Gasteiger partial charge in [0, 0.05) is 17.6 Å². The largest absolute Gasteiger partial charge is 0.310 e. The van der Waals surface area contributed by atoms with Crippen LogP contribution in [0.2, 0.25) is 0 Å². The number of nitrogens with zero attached hydrogens (tertiary/aromatic N) is 1. The predicted octanol–water partition coefficient (Wildman–Crippen LogP) is 2.66. The summed E-state index contributed by atoms with van der Waals surface area (Å²) in [6, 6.07) is 11.2. The zero-order chi connectivity index (χ0) is 10.1. The van der Waals surface area contributed by atoms with Gasteiger partial charge in [-0.1, -0.05) is 18.2 Å². The normalized spacial score (nSPS) is 20.9. The Kier molecular flexibility index (Phi) is 2.14. The molecule has 2 aromatic rings. The highest BCUT2D eigenvalue weighted by atomic mass is 14.9. The number of pyridine rings is 1. The van der Waals surface area contributed by atoms with Crippen LogP contribution in [0.3, 0.4) is 0 Å². The van der Waals surface area contributed by atoms with Gasteiger partial charge in [0.05, 0.1) is 5.52 Å². The van der Waals surface area contributed by atoms with E-state index in [1.165, 1.54) is 23.8 Å². The van der Waals surface area contributed by atoms with Crippen LogP contribution in [0.4, 0.5) is 0 Å². The first-order valence-corrected chi connectivity index (χ1v) is 5.51. The number of nitrogens with one attached hydrogen (secondary N) is 1. The molecule has 3 rings (SSSR count). The second-order valence-corrected chi connectivity index (χ2v) is 4.10. The fraction of sp³-hybridized carbons (Fsp3) is 0.308. The number of fused-ring (bicyclic) bond motifs is 1. The van der Waals surface area contributed by atoms with Gasteiger partial charge in [0.1, 0.15) is 0 Å². The zero-order valence-electron chi connectivity index (χ0n) is 8.61. The van der Waals surface area contributed by atoms with Crippen molar-refractivity contribution in [3.8, 4) is 0 Å². The van der Waals surface area contributed by atoms with Crippen molar-refractivity contribution in [3.05, 3.63) is 42.1 Å². The van der Waals surface area contributed by atoms with Crippen molar-refractivity contribution < 1.29 is 0 Å². The van der Waals surface area contributed by atoms with Crippen LogP contribution in [0.15, 0.2) is 36.5 Å². The van der Waals surface area contributed by atoms with E-state index in [0.717, 1.165) is 12.1 Å². The Bertz CT molecular complexity index is 473. The molecular weight excluding hydrogens is 184 g/mol. The Morgan fingerprint density at radius 3 is 3.13 bits per heavy atom. The van der Waals surface area contributed by atoms with E-state index in [1.54, 1.807) is 0 Å². The lowest BCUT2D eigenvalue weighted by atomic mass is 10.0. The lowest BCUT2D eigenvalue weighted by molar-refractivity contribution is 0.648. The molecular formula is C13H14N2. The van der Waals surface area contributed by atoms with Gasteiger partial charge in [-0.15, -0.1) is 0 Å². The van der Waals surface area contributed by atoms with E-state index in [2.05, 4.69) is 34.6 Å². The van der Waals surface area contributed by atoms with Crippen LogP contribution in [0.25, 0.3) is 10.9 Å². The second kappa shape index (κ2) is 3.63. The van der Waals surface area contributed by atoms with E-state index in [9.17, 15) is 0 Å². The van der Waals surface area contributed by atoms with Gasteiger partial charge < -0.3 is 5.32 Å². The van der Waals surface area contributed by atoms with Gasteiger partial charge in [-0.3, -0.25) is 4.98 Å². The Morgan fingerprint density at radius 1 is 1.27 bits per heavy atom. The number of hydrogen-bond acceptors (Lipinski definition) is 2. The molecule has 0 bridgehead atoms. The Balaban J connectivity index is 2.05. The third kappa shape index (κ3) is 1.61. The molecule has 0 amide bonds. The molecule has 1 aromatic heterocycles. The van der Waals surface area contributed by atoms with Crippen LogP contribution in [0.5, 0.6) is 0 Å². The topological polar surface area (TPSA) is 24.9 Å². The second-order valence-electron chi connectivity index (χ2n) is 4.10. The summed E-state index contributed by atoms with van der Waals surface area (Å²) in [6.07, 6.45) is 4.39. The highest BCUT2D eigenvalue weighted by molar-refractivity contribution is 5.78. The van der Waals surface area contributed by atoms with Gasteiger partial charge in [-0.25, -0.2) is 0 Å². The molecule has 0 radical (unpaired) electrons. The first-order chi connectivity index (χ1) is 7.43. The average Bonchev–Trinajstić information content (AvgIpc) is 2.82. The molecule has 0 unspecified atom stereocenters. The van der Waals surface area contributed by atoms with Crippen LogP contribution in [-0.2, 0) is 0 Å². The van der Waals surface area contributed by atoms with Crippen LogP contribution in [-0.4, -0.2) is 11.5 Å². The standard InChI is InChI=1S/C13H14N2/c1-3-10-5-6-11(9-13(10)15-7-1)12-4-2-8-14-12/h1,3,5-7,9,12,14H,2,4,8H2/t12-/m1/s1. The number of rotatable bonds is 1. The molecule has 0 spiro atoms. The lowest BCUT2D eigenvalue weighted by Gasteiger charge is -2.10. The molecule has 1 aliphatic heterocycles. The van der Waals surface area contributed by atoms with Crippen molar-refractivity contribution in [2.24, 2.45) is 0 Å². The maximum absolute atomic E-state index is 4.39. The molecule has 1 aliphatic rings. The van der Waals surface area contributed by atoms with Crippen molar-refractivity contribution in [3.63, 3.8) is 0 Å². The summed E-state index contributed by atoms with van der Waals surface area (Å²) in [6.45, 7) is 1.14. The lowest BCUT2D eigenvalue weighted by Crippen LogP contribution is -2.12. The third-order valence-electron chi connectivity index (χ3n) is 3.09. The van der Waals surface area contributed by atoms with Crippen LogP contribution >= 0.6 is 0 Å². The minimum Gasteiger partial charge on any atom is -0.310 e. The summed E-state index contributed by atoms with van der Waals surface area (Å²) in [7, 11) is 0. The van der Waals surface area contributed by atoms with Crippen molar-refractivity contribution in [2.45, 2.75) is 18.9 Å². The van der Waals surface area contributed by atoms with E-state index in [4.69, 9.17) is 0 Å². The van der Waals surface area contributed by atoms with Crippen molar-refractivity contribution >= 4 is 10.9 Å². The SMILES string of the molecule is c1cnc2cc([C@H]3CCCN3)ccc2c1. The van der Waals surface area contributed by atoms with E-state index >= 15 is 0 Å². The molecule has 1 aromatic carbocycles. The van der Waals surface area contributed by atoms with Crippen molar-refractivity contribution in [1.29, 1.82) is 0 Å².